The molecular formula is C20H17N3O6. The number of nitro groups is 1. The molecule has 2 amide bonds. The van der Waals surface area contributed by atoms with Crippen molar-refractivity contribution in [3.05, 3.63) is 76.8 Å². The van der Waals surface area contributed by atoms with Crippen LogP contribution in [0.25, 0.3) is 10.8 Å². The van der Waals surface area contributed by atoms with Gasteiger partial charge in [-0.3, -0.25) is 30.6 Å². The lowest BCUT2D eigenvalue weighted by Crippen LogP contribution is -2.45. The molecule has 0 fully saturated rings. The number of hydrogen-bond acceptors (Lipinski definition) is 6. The maximum atomic E-state index is 11.9. The van der Waals surface area contributed by atoms with Crippen LogP contribution in [0.1, 0.15) is 0 Å². The molecule has 0 saturated carbocycles. The standard InChI is InChI=1S/C20H17N3O6/c24-19(12-28-16-10-8-15(9-11-16)23(26)27)21-22-20(25)13-29-18-7-3-5-14-4-1-2-6-17(14)18/h1-11H,12-13H2,(H,21,24)(H,22,25). The summed E-state index contributed by atoms with van der Waals surface area (Å²) in [4.78, 5) is 33.7. The number of hydrogen-bond donors (Lipinski definition) is 2. The van der Waals surface area contributed by atoms with Gasteiger partial charge >= 0.3 is 0 Å². The second-order valence-corrected chi connectivity index (χ2v) is 5.90. The molecule has 3 aromatic carbocycles. The van der Waals surface area contributed by atoms with Crippen LogP contribution in [0.15, 0.2) is 66.7 Å². The largest absolute Gasteiger partial charge is 0.484 e. The van der Waals surface area contributed by atoms with Crippen molar-refractivity contribution < 1.29 is 24.0 Å². The minimum Gasteiger partial charge on any atom is -0.484 e. The number of nitrogens with one attached hydrogen (secondary N) is 2. The summed E-state index contributed by atoms with van der Waals surface area (Å²) < 4.78 is 10.7. The van der Waals surface area contributed by atoms with E-state index in [0.29, 0.717) is 5.75 Å². The van der Waals surface area contributed by atoms with E-state index in [2.05, 4.69) is 10.9 Å². The highest BCUT2D eigenvalue weighted by atomic mass is 16.6. The number of rotatable bonds is 7. The third-order valence-electron chi connectivity index (χ3n) is 3.87. The van der Waals surface area contributed by atoms with Gasteiger partial charge in [0.05, 0.1) is 4.92 Å². The highest BCUT2D eigenvalue weighted by Gasteiger charge is 2.09. The van der Waals surface area contributed by atoms with Crippen molar-refractivity contribution in [2.45, 2.75) is 0 Å². The number of nitro benzene ring substituents is 1. The molecule has 0 heterocycles. The molecule has 3 aromatic rings. The molecule has 0 aliphatic rings. The lowest BCUT2D eigenvalue weighted by molar-refractivity contribution is -0.384. The molecule has 0 bridgehead atoms. The van der Waals surface area contributed by atoms with Gasteiger partial charge in [-0.2, -0.15) is 0 Å². The monoisotopic (exact) mass is 395 g/mol. The highest BCUT2D eigenvalue weighted by Crippen LogP contribution is 2.24. The molecule has 0 radical (unpaired) electrons. The number of carbonyl (C=O) groups excluding carboxylic acids is 2. The number of benzene rings is 3. The van der Waals surface area contributed by atoms with Gasteiger partial charge in [-0.15, -0.1) is 0 Å². The molecule has 0 atom stereocenters. The summed E-state index contributed by atoms with van der Waals surface area (Å²) in [5, 5.41) is 12.5. The summed E-state index contributed by atoms with van der Waals surface area (Å²) in [5.41, 5.74) is 4.35. The van der Waals surface area contributed by atoms with E-state index in [1.807, 2.05) is 36.4 Å². The van der Waals surface area contributed by atoms with E-state index in [9.17, 15) is 19.7 Å². The first-order valence-electron chi connectivity index (χ1n) is 8.58. The summed E-state index contributed by atoms with van der Waals surface area (Å²) in [5.74, 6) is -0.286. The van der Waals surface area contributed by atoms with Gasteiger partial charge in [0.25, 0.3) is 17.5 Å². The van der Waals surface area contributed by atoms with Crippen LogP contribution in [0.5, 0.6) is 11.5 Å². The Kier molecular flexibility index (Phi) is 6.21. The molecule has 0 saturated heterocycles. The van der Waals surface area contributed by atoms with Crippen LogP contribution in [0.4, 0.5) is 5.69 Å². The number of hydrazine groups is 1. The fourth-order valence-electron chi connectivity index (χ4n) is 2.49. The Morgan fingerprint density at radius 2 is 1.45 bits per heavy atom. The van der Waals surface area contributed by atoms with E-state index >= 15 is 0 Å². The third-order valence-corrected chi connectivity index (χ3v) is 3.87. The maximum absolute atomic E-state index is 11.9. The summed E-state index contributed by atoms with van der Waals surface area (Å²) in [6.07, 6.45) is 0. The molecule has 2 N–H and O–H groups in total. The molecular weight excluding hydrogens is 378 g/mol. The van der Waals surface area contributed by atoms with Crippen LogP contribution in [0, 0.1) is 10.1 Å². The zero-order valence-electron chi connectivity index (χ0n) is 15.2. The number of ether oxygens (including phenoxy) is 2. The minimum atomic E-state index is -0.595. The SMILES string of the molecule is O=C(COc1ccc([N+](=O)[O-])cc1)NNC(=O)COc1cccc2ccccc12. The van der Waals surface area contributed by atoms with Gasteiger partial charge in [-0.25, -0.2) is 0 Å². The lowest BCUT2D eigenvalue weighted by Gasteiger charge is -2.11. The van der Waals surface area contributed by atoms with Crippen LogP contribution >= 0.6 is 0 Å². The van der Waals surface area contributed by atoms with Gasteiger partial charge in [0.2, 0.25) is 0 Å². The van der Waals surface area contributed by atoms with Crippen molar-refractivity contribution in [3.63, 3.8) is 0 Å². The van der Waals surface area contributed by atoms with Crippen molar-refractivity contribution in [1.29, 1.82) is 0 Å². The van der Waals surface area contributed by atoms with Gasteiger partial charge in [0.15, 0.2) is 13.2 Å². The number of carbonyl (C=O) groups is 2. The second kappa shape index (κ2) is 9.18. The van der Waals surface area contributed by atoms with E-state index in [1.54, 1.807) is 6.07 Å². The summed E-state index contributed by atoms with van der Waals surface area (Å²) in [7, 11) is 0. The number of non-ortho nitro benzene ring substituents is 1. The Bertz CT molecular complexity index is 1030. The second-order valence-electron chi connectivity index (χ2n) is 5.90. The Hall–Kier alpha value is -4.14. The zero-order chi connectivity index (χ0) is 20.6. The predicted octanol–water partition coefficient (Wildman–Crippen LogP) is 2.35. The van der Waals surface area contributed by atoms with Gasteiger partial charge in [0.1, 0.15) is 11.5 Å². The minimum absolute atomic E-state index is 0.0831. The molecule has 0 aliphatic heterocycles. The van der Waals surface area contributed by atoms with Crippen LogP contribution < -0.4 is 20.3 Å². The zero-order valence-corrected chi connectivity index (χ0v) is 15.2. The van der Waals surface area contributed by atoms with Crippen LogP contribution in [0.2, 0.25) is 0 Å². The maximum Gasteiger partial charge on any atom is 0.276 e. The fourth-order valence-corrected chi connectivity index (χ4v) is 2.49. The average Bonchev–Trinajstić information content (AvgIpc) is 2.75. The number of nitrogens with zero attached hydrogens (tertiary/aromatic N) is 1. The molecule has 9 nitrogen and oxygen atoms in total. The average molecular weight is 395 g/mol. The number of amides is 2. The van der Waals surface area contributed by atoms with Crippen LogP contribution in [-0.4, -0.2) is 30.0 Å². The van der Waals surface area contributed by atoms with E-state index in [-0.39, 0.29) is 24.7 Å². The van der Waals surface area contributed by atoms with E-state index in [4.69, 9.17) is 9.47 Å². The Balaban J connectivity index is 1.42. The normalized spacial score (nSPS) is 10.2. The first-order chi connectivity index (χ1) is 14.0. The van der Waals surface area contributed by atoms with Crippen molar-refractivity contribution in [3.8, 4) is 11.5 Å². The Morgan fingerprint density at radius 1 is 0.828 bits per heavy atom. The number of fused-ring (bicyclic) bond motifs is 1. The highest BCUT2D eigenvalue weighted by molar-refractivity contribution is 5.89. The van der Waals surface area contributed by atoms with Gasteiger partial charge < -0.3 is 9.47 Å². The summed E-state index contributed by atoms with van der Waals surface area (Å²) in [6, 6.07) is 18.4. The van der Waals surface area contributed by atoms with Gasteiger partial charge in [-0.1, -0.05) is 36.4 Å². The predicted molar refractivity (Wildman–Crippen MR) is 104 cm³/mol. The van der Waals surface area contributed by atoms with Gasteiger partial charge in [0, 0.05) is 17.5 Å². The van der Waals surface area contributed by atoms with Crippen molar-refractivity contribution >= 4 is 28.3 Å². The quantitative estimate of drug-likeness (QED) is 0.468. The van der Waals surface area contributed by atoms with Gasteiger partial charge in [-0.05, 0) is 23.6 Å². The molecule has 0 spiro atoms. The van der Waals surface area contributed by atoms with E-state index < -0.39 is 16.7 Å². The van der Waals surface area contributed by atoms with Crippen LogP contribution in [-0.2, 0) is 9.59 Å². The topological polar surface area (TPSA) is 120 Å². The molecule has 29 heavy (non-hydrogen) atoms. The molecule has 0 aliphatic carbocycles. The van der Waals surface area contributed by atoms with Crippen molar-refractivity contribution in [1.82, 2.24) is 10.9 Å². The fraction of sp³-hybridized carbons (Fsp3) is 0.100. The van der Waals surface area contributed by atoms with E-state index in [0.717, 1.165) is 10.8 Å². The van der Waals surface area contributed by atoms with Crippen molar-refractivity contribution in [2.24, 2.45) is 0 Å². The Labute approximate surface area is 165 Å². The van der Waals surface area contributed by atoms with E-state index in [1.165, 1.54) is 24.3 Å². The summed E-state index contributed by atoms with van der Waals surface area (Å²) >= 11 is 0. The molecule has 148 valence electrons. The first kappa shape index (κ1) is 19.6. The summed E-state index contributed by atoms with van der Waals surface area (Å²) in [6.45, 7) is -0.653. The van der Waals surface area contributed by atoms with Crippen LogP contribution in [0.3, 0.4) is 0 Å². The smallest absolute Gasteiger partial charge is 0.276 e. The first-order valence-corrected chi connectivity index (χ1v) is 8.58. The molecule has 9 heteroatoms. The Morgan fingerprint density at radius 3 is 2.14 bits per heavy atom. The molecule has 0 unspecified atom stereocenters. The third kappa shape index (κ3) is 5.42. The molecule has 3 rings (SSSR count). The molecule has 0 aromatic heterocycles. The lowest BCUT2D eigenvalue weighted by atomic mass is 10.1. The van der Waals surface area contributed by atoms with Crippen molar-refractivity contribution in [2.75, 3.05) is 13.2 Å².